The van der Waals surface area contributed by atoms with Crippen molar-refractivity contribution in [2.24, 2.45) is 0 Å². The van der Waals surface area contributed by atoms with Gasteiger partial charge in [-0.2, -0.15) is 0 Å². The third-order valence-corrected chi connectivity index (χ3v) is 6.81. The summed E-state index contributed by atoms with van der Waals surface area (Å²) in [7, 11) is 0. The number of benzene rings is 1. The predicted molar refractivity (Wildman–Crippen MR) is 126 cm³/mol. The molecule has 0 radical (unpaired) electrons. The summed E-state index contributed by atoms with van der Waals surface area (Å²) >= 11 is 0. The largest absolute Gasteiger partial charge is 0.482 e. The second kappa shape index (κ2) is 9.95. The highest BCUT2D eigenvalue weighted by Crippen LogP contribution is 2.38. The fourth-order valence-electron chi connectivity index (χ4n) is 4.22. The lowest BCUT2D eigenvalue weighted by molar-refractivity contribution is -0.121. The van der Waals surface area contributed by atoms with Crippen molar-refractivity contribution in [3.8, 4) is 5.75 Å². The Labute approximate surface area is 195 Å². The van der Waals surface area contributed by atoms with Gasteiger partial charge in [0.15, 0.2) is 12.3 Å². The molecule has 2 aromatic rings. The number of piperidine rings is 1. The average Bonchev–Trinajstić information content (AvgIpc) is 3.30. The molecule has 0 spiro atoms. The molecule has 4 rings (SSSR count). The molecule has 8 nitrogen and oxygen atoms in total. The third-order valence-electron chi connectivity index (χ3n) is 6.81. The van der Waals surface area contributed by atoms with Crippen LogP contribution >= 0.6 is 0 Å². The smallest absolute Gasteiger partial charge is 0.273 e. The van der Waals surface area contributed by atoms with Crippen molar-refractivity contribution in [1.29, 1.82) is 0 Å². The van der Waals surface area contributed by atoms with E-state index in [4.69, 9.17) is 9.15 Å². The van der Waals surface area contributed by atoms with Gasteiger partial charge in [0.1, 0.15) is 18.6 Å². The van der Waals surface area contributed by atoms with Crippen LogP contribution in [0.2, 0.25) is 0 Å². The number of hydrogen-bond donors (Lipinski definition) is 1. The summed E-state index contributed by atoms with van der Waals surface area (Å²) in [6.07, 6.45) is 6.06. The number of ether oxygens (including phenoxy) is 1. The minimum absolute atomic E-state index is 0.0242. The molecular formula is C25H34N4O4. The molecule has 1 aromatic carbocycles. The molecule has 0 bridgehead atoms. The molecule has 1 N–H and O–H groups in total. The van der Waals surface area contributed by atoms with Crippen LogP contribution < -0.4 is 15.0 Å². The van der Waals surface area contributed by atoms with Crippen LogP contribution in [0.15, 0.2) is 28.9 Å². The zero-order chi connectivity index (χ0) is 23.4. The van der Waals surface area contributed by atoms with Crippen LogP contribution in [-0.2, 0) is 16.8 Å². The number of oxazole rings is 1. The Morgan fingerprint density at radius 3 is 2.76 bits per heavy atom. The van der Waals surface area contributed by atoms with Crippen molar-refractivity contribution in [3.63, 3.8) is 0 Å². The molecule has 0 unspecified atom stereocenters. The van der Waals surface area contributed by atoms with Crippen LogP contribution in [0.4, 0.5) is 5.69 Å². The summed E-state index contributed by atoms with van der Waals surface area (Å²) in [4.78, 5) is 33.5. The molecule has 0 aliphatic carbocycles. The van der Waals surface area contributed by atoms with Crippen molar-refractivity contribution in [1.82, 2.24) is 15.2 Å². The lowest BCUT2D eigenvalue weighted by Gasteiger charge is -2.31. The molecule has 1 aromatic heterocycles. The van der Waals surface area contributed by atoms with E-state index in [1.54, 1.807) is 4.90 Å². The topological polar surface area (TPSA) is 87.9 Å². The minimum Gasteiger partial charge on any atom is -0.482 e. The number of hydrogen-bond acceptors (Lipinski definition) is 6. The second-order valence-corrected chi connectivity index (χ2v) is 9.47. The normalized spacial score (nSPS) is 16.9. The van der Waals surface area contributed by atoms with Crippen molar-refractivity contribution < 1.29 is 18.7 Å². The molecule has 0 saturated carbocycles. The Bertz CT molecular complexity index is 994. The van der Waals surface area contributed by atoms with Gasteiger partial charge in [0, 0.05) is 13.1 Å². The number of fused-ring (bicyclic) bond motifs is 1. The Morgan fingerprint density at radius 2 is 2.00 bits per heavy atom. The lowest BCUT2D eigenvalue weighted by Crippen LogP contribution is -2.38. The van der Waals surface area contributed by atoms with Gasteiger partial charge >= 0.3 is 0 Å². The van der Waals surface area contributed by atoms with Crippen LogP contribution in [0.25, 0.3) is 0 Å². The summed E-state index contributed by atoms with van der Waals surface area (Å²) in [5.41, 5.74) is 2.04. The average molecular weight is 455 g/mol. The SMILES string of the molecule is CCC(C)(C)c1ccc2c(c1)N(Cc1nc(C(=O)NCCN3CCCCC3)co1)C(=O)CO2. The van der Waals surface area contributed by atoms with E-state index in [2.05, 4.69) is 36.0 Å². The van der Waals surface area contributed by atoms with Gasteiger partial charge in [-0.15, -0.1) is 0 Å². The number of likely N-dealkylation sites (tertiary alicyclic amines) is 1. The molecule has 2 aliphatic rings. The van der Waals surface area contributed by atoms with E-state index in [9.17, 15) is 9.59 Å². The van der Waals surface area contributed by atoms with Crippen molar-refractivity contribution >= 4 is 17.5 Å². The van der Waals surface area contributed by atoms with Crippen LogP contribution in [0.5, 0.6) is 5.75 Å². The Hall–Kier alpha value is -2.87. The monoisotopic (exact) mass is 454 g/mol. The standard InChI is InChI=1S/C25H34N4O4/c1-4-25(2,3)18-8-9-21-20(14-18)29(23(30)17-32-21)15-22-27-19(16-33-22)24(31)26-10-13-28-11-6-5-7-12-28/h8-9,14,16H,4-7,10-13,15,17H2,1-3H3,(H,26,31). The number of aromatic nitrogens is 1. The fourth-order valence-corrected chi connectivity index (χ4v) is 4.22. The first-order valence-corrected chi connectivity index (χ1v) is 11.9. The second-order valence-electron chi connectivity index (χ2n) is 9.47. The summed E-state index contributed by atoms with van der Waals surface area (Å²) in [5.74, 6) is 0.549. The molecule has 0 atom stereocenters. The van der Waals surface area contributed by atoms with Gasteiger partial charge < -0.3 is 19.4 Å². The highest BCUT2D eigenvalue weighted by molar-refractivity contribution is 5.98. The molecule has 3 heterocycles. The zero-order valence-corrected chi connectivity index (χ0v) is 19.9. The first-order chi connectivity index (χ1) is 15.9. The van der Waals surface area contributed by atoms with E-state index in [0.29, 0.717) is 23.9 Å². The number of rotatable bonds is 8. The Morgan fingerprint density at radius 1 is 1.21 bits per heavy atom. The van der Waals surface area contributed by atoms with Gasteiger partial charge in [0.2, 0.25) is 5.89 Å². The number of carbonyl (C=O) groups is 2. The van der Waals surface area contributed by atoms with Gasteiger partial charge in [-0.05, 0) is 55.5 Å². The number of anilines is 1. The number of nitrogens with zero attached hydrogens (tertiary/aromatic N) is 3. The highest BCUT2D eigenvalue weighted by atomic mass is 16.5. The van der Waals surface area contributed by atoms with Gasteiger partial charge in [-0.3, -0.25) is 14.5 Å². The van der Waals surface area contributed by atoms with Crippen molar-refractivity contribution in [3.05, 3.63) is 41.6 Å². The van der Waals surface area contributed by atoms with Gasteiger partial charge in [0.25, 0.3) is 11.8 Å². The molecule has 2 aliphatic heterocycles. The lowest BCUT2D eigenvalue weighted by atomic mass is 9.82. The summed E-state index contributed by atoms with van der Waals surface area (Å²) in [5, 5.41) is 2.91. The zero-order valence-electron chi connectivity index (χ0n) is 19.9. The maximum Gasteiger partial charge on any atom is 0.273 e. The molecule has 178 valence electrons. The fraction of sp³-hybridized carbons (Fsp3) is 0.560. The van der Waals surface area contributed by atoms with Crippen molar-refractivity contribution in [2.45, 2.75) is 58.4 Å². The molecule has 8 heteroatoms. The first kappa shape index (κ1) is 23.3. The number of amides is 2. The van der Waals surface area contributed by atoms with Gasteiger partial charge in [-0.1, -0.05) is 33.3 Å². The molecule has 1 saturated heterocycles. The maximum absolute atomic E-state index is 12.7. The number of carbonyl (C=O) groups excluding carboxylic acids is 2. The summed E-state index contributed by atoms with van der Waals surface area (Å²) in [6.45, 7) is 10.2. The predicted octanol–water partition coefficient (Wildman–Crippen LogP) is 3.50. The Balaban J connectivity index is 1.42. The molecule has 33 heavy (non-hydrogen) atoms. The van der Waals surface area contributed by atoms with E-state index in [1.165, 1.54) is 25.5 Å². The van der Waals surface area contributed by atoms with Crippen LogP contribution in [0.1, 0.15) is 68.4 Å². The molecular weight excluding hydrogens is 420 g/mol. The van der Waals surface area contributed by atoms with Crippen LogP contribution in [0.3, 0.4) is 0 Å². The number of nitrogens with one attached hydrogen (secondary N) is 1. The van der Waals surface area contributed by atoms with Gasteiger partial charge in [0.05, 0.1) is 5.69 Å². The quantitative estimate of drug-likeness (QED) is 0.657. The van der Waals surface area contributed by atoms with E-state index >= 15 is 0 Å². The Kier molecular flexibility index (Phi) is 7.02. The van der Waals surface area contributed by atoms with E-state index in [1.807, 2.05) is 18.2 Å². The van der Waals surface area contributed by atoms with E-state index < -0.39 is 0 Å². The highest BCUT2D eigenvalue weighted by Gasteiger charge is 2.29. The minimum atomic E-state index is -0.261. The van der Waals surface area contributed by atoms with E-state index in [-0.39, 0.29) is 36.1 Å². The molecule has 2 amide bonds. The van der Waals surface area contributed by atoms with E-state index in [0.717, 1.165) is 31.6 Å². The molecule has 1 fully saturated rings. The van der Waals surface area contributed by atoms with Gasteiger partial charge in [-0.25, -0.2) is 4.98 Å². The van der Waals surface area contributed by atoms with Crippen LogP contribution in [0, 0.1) is 0 Å². The third kappa shape index (κ3) is 5.38. The maximum atomic E-state index is 12.7. The van der Waals surface area contributed by atoms with Crippen LogP contribution in [-0.4, -0.2) is 54.5 Å². The van der Waals surface area contributed by atoms with Crippen molar-refractivity contribution in [2.75, 3.05) is 37.7 Å². The summed E-state index contributed by atoms with van der Waals surface area (Å²) in [6, 6.07) is 5.97. The summed E-state index contributed by atoms with van der Waals surface area (Å²) < 4.78 is 11.2. The first-order valence-electron chi connectivity index (χ1n) is 11.9.